The second-order valence-corrected chi connectivity index (χ2v) is 8.01. The van der Waals surface area contributed by atoms with Crippen LogP contribution < -0.4 is 15.4 Å². The van der Waals surface area contributed by atoms with E-state index in [1.165, 1.54) is 18.4 Å². The maximum Gasteiger partial charge on any atom is 0.320 e. The fourth-order valence-corrected chi connectivity index (χ4v) is 3.84. The van der Waals surface area contributed by atoms with Crippen molar-refractivity contribution in [2.75, 3.05) is 19.0 Å². The van der Waals surface area contributed by atoms with E-state index in [-0.39, 0.29) is 6.03 Å². The minimum Gasteiger partial charge on any atom is -0.477 e. The number of carbonyl (C=O) groups excluding carboxylic acids is 1. The molecule has 0 radical (unpaired) electrons. The van der Waals surface area contributed by atoms with E-state index in [4.69, 9.17) is 9.47 Å². The third kappa shape index (κ3) is 4.94. The molecule has 2 aromatic carbocycles. The maximum absolute atomic E-state index is 12.9. The van der Waals surface area contributed by atoms with Crippen LogP contribution in [0, 0.1) is 6.92 Å². The second-order valence-electron chi connectivity index (χ2n) is 8.01. The van der Waals surface area contributed by atoms with E-state index < -0.39 is 0 Å². The Labute approximate surface area is 188 Å². The third-order valence-electron chi connectivity index (χ3n) is 5.57. The minimum absolute atomic E-state index is 0.285. The number of benzene rings is 2. The van der Waals surface area contributed by atoms with E-state index in [1.807, 2.05) is 44.2 Å². The van der Waals surface area contributed by atoms with Gasteiger partial charge in [-0.15, -0.1) is 5.10 Å². The van der Waals surface area contributed by atoms with Gasteiger partial charge in [0.2, 0.25) is 5.88 Å². The van der Waals surface area contributed by atoms with Gasteiger partial charge >= 0.3 is 6.03 Å². The molecule has 1 saturated carbocycles. The number of hydrogen-bond acceptors (Lipinski definition) is 4. The number of urea groups is 1. The zero-order chi connectivity index (χ0) is 22.5. The first-order valence-corrected chi connectivity index (χ1v) is 11.0. The Morgan fingerprint density at radius 2 is 1.97 bits per heavy atom. The molecule has 0 spiro atoms. The number of methoxy groups -OCH3 is 1. The van der Waals surface area contributed by atoms with E-state index in [0.717, 1.165) is 22.4 Å². The van der Waals surface area contributed by atoms with E-state index >= 15 is 0 Å². The number of anilines is 1. The molecule has 0 atom stereocenters. The van der Waals surface area contributed by atoms with Crippen LogP contribution in [-0.2, 0) is 17.9 Å². The highest BCUT2D eigenvalue weighted by Crippen LogP contribution is 2.42. The summed E-state index contributed by atoms with van der Waals surface area (Å²) in [4.78, 5) is 12.9. The average molecular weight is 435 g/mol. The van der Waals surface area contributed by atoms with E-state index in [1.54, 1.807) is 11.8 Å². The lowest BCUT2D eigenvalue weighted by Gasteiger charge is -2.14. The molecule has 0 saturated heterocycles. The molecule has 7 nitrogen and oxygen atoms in total. The molecule has 1 aliphatic carbocycles. The molecule has 3 aromatic rings. The number of rotatable bonds is 9. The number of nitrogens with one attached hydrogen (secondary N) is 2. The lowest BCUT2D eigenvalue weighted by Crippen LogP contribution is -2.29. The van der Waals surface area contributed by atoms with Gasteiger partial charge in [-0.25, -0.2) is 9.48 Å². The Morgan fingerprint density at radius 1 is 1.19 bits per heavy atom. The molecule has 2 N–H and O–H groups in total. The van der Waals surface area contributed by atoms with Crippen LogP contribution in [0.3, 0.4) is 0 Å². The highest BCUT2D eigenvalue weighted by atomic mass is 16.5. The summed E-state index contributed by atoms with van der Waals surface area (Å²) >= 11 is 0. The summed E-state index contributed by atoms with van der Waals surface area (Å²) in [5, 5.41) is 10.5. The molecule has 1 fully saturated rings. The summed E-state index contributed by atoms with van der Waals surface area (Å²) < 4.78 is 12.6. The molecule has 1 aliphatic rings. The number of para-hydroxylation sites is 1. The van der Waals surface area contributed by atoms with Crippen LogP contribution >= 0.6 is 0 Å². The molecular weight excluding hydrogens is 404 g/mol. The van der Waals surface area contributed by atoms with Gasteiger partial charge < -0.3 is 14.8 Å². The SMILES string of the molecule is CCOc1nn(-c2ccccc2)c(NC(=O)NCc2cc(COC)ccc2C2CC2)c1C. The van der Waals surface area contributed by atoms with Crippen molar-refractivity contribution in [1.29, 1.82) is 0 Å². The van der Waals surface area contributed by atoms with Crippen molar-refractivity contribution in [3.63, 3.8) is 0 Å². The fraction of sp³-hybridized carbons (Fsp3) is 0.360. The first-order chi connectivity index (χ1) is 15.6. The van der Waals surface area contributed by atoms with Crippen LogP contribution in [0.2, 0.25) is 0 Å². The van der Waals surface area contributed by atoms with Crippen LogP contribution in [0.25, 0.3) is 5.69 Å². The van der Waals surface area contributed by atoms with Gasteiger partial charge in [-0.1, -0.05) is 36.4 Å². The lowest BCUT2D eigenvalue weighted by molar-refractivity contribution is 0.185. The van der Waals surface area contributed by atoms with Gasteiger partial charge in [-0.3, -0.25) is 5.32 Å². The van der Waals surface area contributed by atoms with Gasteiger partial charge in [0.25, 0.3) is 0 Å². The third-order valence-corrected chi connectivity index (χ3v) is 5.57. The number of ether oxygens (including phenoxy) is 2. The number of nitrogens with zero attached hydrogens (tertiary/aromatic N) is 2. The molecule has 0 bridgehead atoms. The van der Waals surface area contributed by atoms with Crippen LogP contribution in [-0.4, -0.2) is 29.5 Å². The number of hydrogen-bond donors (Lipinski definition) is 2. The van der Waals surface area contributed by atoms with Gasteiger partial charge in [-0.2, -0.15) is 0 Å². The molecule has 1 aromatic heterocycles. The van der Waals surface area contributed by atoms with Crippen LogP contribution in [0.4, 0.5) is 10.6 Å². The summed E-state index contributed by atoms with van der Waals surface area (Å²) in [5.74, 6) is 1.70. The Hall–Kier alpha value is -3.32. The van der Waals surface area contributed by atoms with Crippen molar-refractivity contribution in [2.24, 2.45) is 0 Å². The van der Waals surface area contributed by atoms with Crippen molar-refractivity contribution in [1.82, 2.24) is 15.1 Å². The summed E-state index contributed by atoms with van der Waals surface area (Å²) in [6.45, 7) is 5.31. The summed E-state index contributed by atoms with van der Waals surface area (Å²) in [6.07, 6.45) is 2.41. The first kappa shape index (κ1) is 21.9. The Bertz CT molecular complexity index is 1070. The van der Waals surface area contributed by atoms with Gasteiger partial charge in [0.05, 0.1) is 24.5 Å². The first-order valence-electron chi connectivity index (χ1n) is 11.0. The molecule has 0 unspecified atom stereocenters. The highest BCUT2D eigenvalue weighted by Gasteiger charge is 2.26. The number of carbonyl (C=O) groups is 1. The smallest absolute Gasteiger partial charge is 0.320 e. The monoisotopic (exact) mass is 434 g/mol. The normalized spacial score (nSPS) is 13.1. The van der Waals surface area contributed by atoms with Crippen molar-refractivity contribution in [3.8, 4) is 11.6 Å². The highest BCUT2D eigenvalue weighted by molar-refractivity contribution is 5.89. The molecule has 7 heteroatoms. The molecule has 0 aliphatic heterocycles. The Morgan fingerprint density at radius 3 is 2.66 bits per heavy atom. The predicted octanol–water partition coefficient (Wildman–Crippen LogP) is 4.92. The van der Waals surface area contributed by atoms with Crippen molar-refractivity contribution < 1.29 is 14.3 Å². The Kier molecular flexibility index (Phi) is 6.75. The van der Waals surface area contributed by atoms with Gasteiger partial charge in [0.1, 0.15) is 5.82 Å². The summed E-state index contributed by atoms with van der Waals surface area (Å²) in [6, 6.07) is 15.8. The predicted molar refractivity (Wildman–Crippen MR) is 124 cm³/mol. The molecule has 1 heterocycles. The van der Waals surface area contributed by atoms with Crippen molar-refractivity contribution in [3.05, 3.63) is 70.8 Å². The zero-order valence-electron chi connectivity index (χ0n) is 18.9. The Balaban J connectivity index is 1.52. The molecule has 4 rings (SSSR count). The number of aromatic nitrogens is 2. The average Bonchev–Trinajstić information content (AvgIpc) is 3.60. The second kappa shape index (κ2) is 9.87. The topological polar surface area (TPSA) is 77.4 Å². The summed E-state index contributed by atoms with van der Waals surface area (Å²) in [7, 11) is 1.69. The number of amides is 2. The van der Waals surface area contributed by atoms with E-state index in [0.29, 0.717) is 37.4 Å². The van der Waals surface area contributed by atoms with Gasteiger partial charge in [-0.05, 0) is 61.4 Å². The van der Waals surface area contributed by atoms with Gasteiger partial charge in [0, 0.05) is 13.7 Å². The largest absolute Gasteiger partial charge is 0.477 e. The van der Waals surface area contributed by atoms with Crippen LogP contribution in [0.1, 0.15) is 47.9 Å². The van der Waals surface area contributed by atoms with E-state index in [9.17, 15) is 4.79 Å². The standard InChI is InChI=1S/C25H30N4O3/c1-4-32-24-17(2)23(29(28-24)21-8-6-5-7-9-21)27-25(30)26-15-20-14-18(16-31-3)10-13-22(20)19-11-12-19/h5-10,13-14,19H,4,11-12,15-16H2,1-3H3,(H2,26,27,30). The van der Waals surface area contributed by atoms with Crippen LogP contribution in [0.15, 0.2) is 48.5 Å². The molecule has 168 valence electrons. The zero-order valence-corrected chi connectivity index (χ0v) is 18.9. The maximum atomic E-state index is 12.9. The quantitative estimate of drug-likeness (QED) is 0.501. The van der Waals surface area contributed by atoms with E-state index in [2.05, 4.69) is 33.9 Å². The van der Waals surface area contributed by atoms with Crippen molar-refractivity contribution >= 4 is 11.8 Å². The molecule has 32 heavy (non-hydrogen) atoms. The molecular formula is C25H30N4O3. The minimum atomic E-state index is -0.285. The fourth-order valence-electron chi connectivity index (χ4n) is 3.84. The van der Waals surface area contributed by atoms with Gasteiger partial charge in [0.15, 0.2) is 0 Å². The van der Waals surface area contributed by atoms with Crippen LogP contribution in [0.5, 0.6) is 5.88 Å². The lowest BCUT2D eigenvalue weighted by atomic mass is 10.0. The summed E-state index contributed by atoms with van der Waals surface area (Å²) in [5.41, 5.74) is 5.19. The molecule has 2 amide bonds. The van der Waals surface area contributed by atoms with Crippen molar-refractivity contribution in [2.45, 2.75) is 45.8 Å².